The van der Waals surface area contributed by atoms with Crippen LogP contribution < -0.4 is 5.32 Å². The summed E-state index contributed by atoms with van der Waals surface area (Å²) in [6.45, 7) is 6.22. The van der Waals surface area contributed by atoms with Crippen molar-refractivity contribution in [1.29, 1.82) is 0 Å². The van der Waals surface area contributed by atoms with Gasteiger partial charge in [0.2, 0.25) is 5.91 Å². The zero-order valence-corrected chi connectivity index (χ0v) is 11.1. The fourth-order valence-electron chi connectivity index (χ4n) is 2.32. The number of rotatable bonds is 4. The van der Waals surface area contributed by atoms with Crippen LogP contribution in [0.3, 0.4) is 0 Å². The van der Waals surface area contributed by atoms with Gasteiger partial charge in [-0.05, 0) is 32.2 Å². The highest BCUT2D eigenvalue weighted by Gasteiger charge is 2.39. The minimum absolute atomic E-state index is 0. The zero-order valence-electron chi connectivity index (χ0n) is 10.2. The van der Waals surface area contributed by atoms with Crippen LogP contribution in [0.15, 0.2) is 0 Å². The third kappa shape index (κ3) is 2.89. The number of hydrogen-bond donors (Lipinski definition) is 1. The first-order valence-electron chi connectivity index (χ1n) is 6.27. The van der Waals surface area contributed by atoms with Gasteiger partial charge in [0.05, 0.1) is 0 Å². The van der Waals surface area contributed by atoms with Crippen LogP contribution in [0.2, 0.25) is 0 Å². The molecule has 0 spiro atoms. The van der Waals surface area contributed by atoms with Crippen LogP contribution in [0.25, 0.3) is 0 Å². The maximum Gasteiger partial charge on any atom is 0.225 e. The van der Waals surface area contributed by atoms with Gasteiger partial charge in [-0.3, -0.25) is 4.79 Å². The lowest BCUT2D eigenvalue weighted by Crippen LogP contribution is -2.45. The van der Waals surface area contributed by atoms with Crippen molar-refractivity contribution in [2.24, 2.45) is 5.92 Å². The van der Waals surface area contributed by atoms with Gasteiger partial charge in [0.1, 0.15) is 0 Å². The number of nitrogens with zero attached hydrogens (tertiary/aromatic N) is 1. The molecule has 1 N–H and O–H groups in total. The van der Waals surface area contributed by atoms with Gasteiger partial charge in [-0.2, -0.15) is 0 Å². The second-order valence-corrected chi connectivity index (χ2v) is 4.93. The van der Waals surface area contributed by atoms with Crippen LogP contribution in [-0.4, -0.2) is 36.0 Å². The SMILES string of the molecule is CCC(C)C(=O)N(C1CC1)C1CCNC1.Cl. The van der Waals surface area contributed by atoms with Crippen molar-refractivity contribution in [2.75, 3.05) is 13.1 Å². The molecule has 0 aromatic carbocycles. The van der Waals surface area contributed by atoms with E-state index in [0.717, 1.165) is 25.9 Å². The van der Waals surface area contributed by atoms with E-state index in [1.54, 1.807) is 0 Å². The molecule has 1 amide bonds. The predicted molar refractivity (Wildman–Crippen MR) is 67.8 cm³/mol. The summed E-state index contributed by atoms with van der Waals surface area (Å²) >= 11 is 0. The summed E-state index contributed by atoms with van der Waals surface area (Å²) in [4.78, 5) is 14.4. The molecule has 1 saturated heterocycles. The van der Waals surface area contributed by atoms with Crippen LogP contribution in [-0.2, 0) is 4.79 Å². The third-order valence-corrected chi connectivity index (χ3v) is 3.66. The Balaban J connectivity index is 0.00000128. The molecular formula is C12H23ClN2O. The smallest absolute Gasteiger partial charge is 0.225 e. The van der Waals surface area contributed by atoms with E-state index in [0.29, 0.717) is 18.0 Å². The number of amides is 1. The van der Waals surface area contributed by atoms with E-state index < -0.39 is 0 Å². The minimum Gasteiger partial charge on any atom is -0.335 e. The fourth-order valence-corrected chi connectivity index (χ4v) is 2.32. The molecule has 2 unspecified atom stereocenters. The molecule has 94 valence electrons. The number of hydrogen-bond acceptors (Lipinski definition) is 2. The Morgan fingerprint density at radius 2 is 2.06 bits per heavy atom. The lowest BCUT2D eigenvalue weighted by Gasteiger charge is -2.30. The van der Waals surface area contributed by atoms with Gasteiger partial charge < -0.3 is 10.2 Å². The predicted octanol–water partition coefficient (Wildman–Crippen LogP) is 1.81. The summed E-state index contributed by atoms with van der Waals surface area (Å²) in [6, 6.07) is 1.04. The van der Waals surface area contributed by atoms with Crippen molar-refractivity contribution in [3.05, 3.63) is 0 Å². The number of halogens is 1. The highest BCUT2D eigenvalue weighted by Crippen LogP contribution is 2.31. The van der Waals surface area contributed by atoms with Crippen LogP contribution in [0.5, 0.6) is 0 Å². The summed E-state index contributed by atoms with van der Waals surface area (Å²) < 4.78 is 0. The quantitative estimate of drug-likeness (QED) is 0.821. The van der Waals surface area contributed by atoms with Gasteiger partial charge in [0.15, 0.2) is 0 Å². The molecule has 2 atom stereocenters. The molecule has 0 radical (unpaired) electrons. The Morgan fingerprint density at radius 1 is 1.38 bits per heavy atom. The van der Waals surface area contributed by atoms with E-state index in [9.17, 15) is 4.79 Å². The van der Waals surface area contributed by atoms with E-state index in [2.05, 4.69) is 24.1 Å². The van der Waals surface area contributed by atoms with Crippen molar-refractivity contribution in [2.45, 2.75) is 51.6 Å². The number of carbonyl (C=O) groups is 1. The van der Waals surface area contributed by atoms with Gasteiger partial charge in [0, 0.05) is 24.5 Å². The second-order valence-electron chi connectivity index (χ2n) is 4.93. The van der Waals surface area contributed by atoms with Crippen LogP contribution in [0, 0.1) is 5.92 Å². The molecular weight excluding hydrogens is 224 g/mol. The van der Waals surface area contributed by atoms with E-state index in [1.807, 2.05) is 0 Å². The molecule has 1 aliphatic heterocycles. The maximum absolute atomic E-state index is 12.2. The van der Waals surface area contributed by atoms with Crippen molar-refractivity contribution < 1.29 is 4.79 Å². The summed E-state index contributed by atoms with van der Waals surface area (Å²) in [5.74, 6) is 0.583. The Bertz CT molecular complexity index is 237. The molecule has 0 aromatic heterocycles. The van der Waals surface area contributed by atoms with Gasteiger partial charge in [-0.1, -0.05) is 13.8 Å². The van der Waals surface area contributed by atoms with Crippen molar-refractivity contribution in [3.8, 4) is 0 Å². The zero-order chi connectivity index (χ0) is 10.8. The topological polar surface area (TPSA) is 32.3 Å². The van der Waals surface area contributed by atoms with Crippen LogP contribution in [0.4, 0.5) is 0 Å². The Morgan fingerprint density at radius 3 is 2.50 bits per heavy atom. The first kappa shape index (κ1) is 13.8. The van der Waals surface area contributed by atoms with Gasteiger partial charge in [-0.25, -0.2) is 0 Å². The molecule has 0 aromatic rings. The van der Waals surface area contributed by atoms with E-state index in [-0.39, 0.29) is 18.3 Å². The average Bonchev–Trinajstić information content (AvgIpc) is 2.92. The maximum atomic E-state index is 12.2. The van der Waals surface area contributed by atoms with E-state index in [1.165, 1.54) is 12.8 Å². The molecule has 4 heteroatoms. The molecule has 1 saturated carbocycles. The number of carbonyl (C=O) groups excluding carboxylic acids is 1. The number of nitrogens with one attached hydrogen (secondary N) is 1. The van der Waals surface area contributed by atoms with Crippen LogP contribution in [0.1, 0.15) is 39.5 Å². The lowest BCUT2D eigenvalue weighted by atomic mass is 10.1. The molecule has 1 heterocycles. The second kappa shape index (κ2) is 5.87. The standard InChI is InChI=1S/C12H22N2O.ClH/c1-3-9(2)12(15)14(10-4-5-10)11-6-7-13-8-11;/h9-11,13H,3-8H2,1-2H3;1H. The molecule has 0 bridgehead atoms. The molecule has 1 aliphatic carbocycles. The van der Waals surface area contributed by atoms with Crippen LogP contribution >= 0.6 is 12.4 Å². The molecule has 2 fully saturated rings. The van der Waals surface area contributed by atoms with Crippen molar-refractivity contribution >= 4 is 18.3 Å². The molecule has 16 heavy (non-hydrogen) atoms. The van der Waals surface area contributed by atoms with E-state index >= 15 is 0 Å². The normalized spacial score (nSPS) is 26.0. The summed E-state index contributed by atoms with van der Waals surface area (Å²) in [5, 5.41) is 3.35. The van der Waals surface area contributed by atoms with Gasteiger partial charge in [0.25, 0.3) is 0 Å². The highest BCUT2D eigenvalue weighted by atomic mass is 35.5. The first-order chi connectivity index (χ1) is 7.24. The Kier molecular flexibility index (Phi) is 5.06. The largest absolute Gasteiger partial charge is 0.335 e. The summed E-state index contributed by atoms with van der Waals surface area (Å²) in [7, 11) is 0. The molecule has 2 rings (SSSR count). The fraction of sp³-hybridized carbons (Fsp3) is 0.917. The average molecular weight is 247 g/mol. The molecule has 3 nitrogen and oxygen atoms in total. The summed E-state index contributed by atoms with van der Waals surface area (Å²) in [5.41, 5.74) is 0. The lowest BCUT2D eigenvalue weighted by molar-refractivity contribution is -0.137. The Hall–Kier alpha value is -0.280. The van der Waals surface area contributed by atoms with Gasteiger partial charge in [-0.15, -0.1) is 12.4 Å². The minimum atomic E-state index is 0. The third-order valence-electron chi connectivity index (χ3n) is 3.66. The van der Waals surface area contributed by atoms with Crippen molar-refractivity contribution in [1.82, 2.24) is 10.2 Å². The first-order valence-corrected chi connectivity index (χ1v) is 6.27. The monoisotopic (exact) mass is 246 g/mol. The van der Waals surface area contributed by atoms with Crippen molar-refractivity contribution in [3.63, 3.8) is 0 Å². The Labute approximate surface area is 104 Å². The van der Waals surface area contributed by atoms with E-state index in [4.69, 9.17) is 0 Å². The highest BCUT2D eigenvalue weighted by molar-refractivity contribution is 5.85. The summed E-state index contributed by atoms with van der Waals surface area (Å²) in [6.07, 6.45) is 4.54. The molecule has 2 aliphatic rings. The van der Waals surface area contributed by atoms with Gasteiger partial charge >= 0.3 is 0 Å².